The Balaban J connectivity index is 2.87. The van der Waals surface area contributed by atoms with Gasteiger partial charge in [0.05, 0.1) is 13.2 Å². The molecular formula is C8H11ClN2O3. The first-order valence-corrected chi connectivity index (χ1v) is 4.60. The van der Waals surface area contributed by atoms with Crippen LogP contribution in [0.25, 0.3) is 0 Å². The number of H-pyrrole nitrogens is 1. The maximum Gasteiger partial charge on any atom is 0.329 e. The van der Waals surface area contributed by atoms with Crippen LogP contribution in [0.3, 0.4) is 0 Å². The summed E-state index contributed by atoms with van der Waals surface area (Å²) in [4.78, 5) is 24.8. The number of nitrogens with zero attached hydrogens (tertiary/aromatic N) is 1. The van der Waals surface area contributed by atoms with Crippen LogP contribution in [0, 0.1) is 0 Å². The van der Waals surface area contributed by atoms with Crippen molar-refractivity contribution in [3.05, 3.63) is 32.1 Å². The van der Waals surface area contributed by atoms with Gasteiger partial charge in [0.25, 0.3) is 5.56 Å². The van der Waals surface area contributed by atoms with Gasteiger partial charge in [-0.2, -0.15) is 0 Å². The maximum atomic E-state index is 11.3. The molecule has 0 saturated heterocycles. The summed E-state index contributed by atoms with van der Waals surface area (Å²) in [5.74, 6) is 0. The van der Waals surface area contributed by atoms with Crippen molar-refractivity contribution in [2.45, 2.75) is 13.5 Å². The lowest BCUT2D eigenvalue weighted by Gasteiger charge is -2.03. The van der Waals surface area contributed by atoms with Gasteiger partial charge < -0.3 is 4.74 Å². The highest BCUT2D eigenvalue weighted by atomic mass is 35.5. The van der Waals surface area contributed by atoms with E-state index in [2.05, 4.69) is 4.98 Å². The van der Waals surface area contributed by atoms with Crippen LogP contribution < -0.4 is 11.2 Å². The molecule has 1 aromatic heterocycles. The average molecular weight is 219 g/mol. The van der Waals surface area contributed by atoms with Gasteiger partial charge in [0.1, 0.15) is 5.15 Å². The summed E-state index contributed by atoms with van der Waals surface area (Å²) in [6, 6.07) is 1.16. The first-order valence-electron chi connectivity index (χ1n) is 4.22. The Morgan fingerprint density at radius 2 is 2.29 bits per heavy atom. The molecule has 0 spiro atoms. The fraction of sp³-hybridized carbons (Fsp3) is 0.500. The zero-order valence-corrected chi connectivity index (χ0v) is 8.50. The third-order valence-electron chi connectivity index (χ3n) is 1.65. The zero-order chi connectivity index (χ0) is 10.6. The topological polar surface area (TPSA) is 64.1 Å². The fourth-order valence-corrected chi connectivity index (χ4v) is 1.18. The van der Waals surface area contributed by atoms with Crippen LogP contribution in [0.15, 0.2) is 15.7 Å². The summed E-state index contributed by atoms with van der Waals surface area (Å²) in [6.45, 7) is 2.97. The van der Waals surface area contributed by atoms with Crippen molar-refractivity contribution in [1.82, 2.24) is 9.55 Å². The monoisotopic (exact) mass is 218 g/mol. The molecule has 0 aromatic carbocycles. The second-order valence-corrected chi connectivity index (χ2v) is 3.02. The number of ether oxygens (including phenoxy) is 1. The summed E-state index contributed by atoms with van der Waals surface area (Å²) < 4.78 is 6.08. The molecule has 5 nitrogen and oxygen atoms in total. The van der Waals surface area contributed by atoms with Crippen molar-refractivity contribution in [2.75, 3.05) is 13.2 Å². The fourth-order valence-electron chi connectivity index (χ4n) is 1.00. The molecule has 0 radical (unpaired) electrons. The molecule has 0 atom stereocenters. The van der Waals surface area contributed by atoms with E-state index in [4.69, 9.17) is 16.3 Å². The van der Waals surface area contributed by atoms with Crippen molar-refractivity contribution < 1.29 is 4.74 Å². The minimum atomic E-state index is -0.512. The predicted molar refractivity (Wildman–Crippen MR) is 52.8 cm³/mol. The van der Waals surface area contributed by atoms with Crippen molar-refractivity contribution in [3.63, 3.8) is 0 Å². The normalized spacial score (nSPS) is 10.4. The lowest BCUT2D eigenvalue weighted by molar-refractivity contribution is 0.137. The van der Waals surface area contributed by atoms with Gasteiger partial charge in [0.15, 0.2) is 0 Å². The van der Waals surface area contributed by atoms with E-state index in [1.807, 2.05) is 6.92 Å². The van der Waals surface area contributed by atoms with Gasteiger partial charge in [0, 0.05) is 12.7 Å². The Morgan fingerprint density at radius 3 is 2.86 bits per heavy atom. The van der Waals surface area contributed by atoms with E-state index in [9.17, 15) is 9.59 Å². The molecule has 6 heteroatoms. The van der Waals surface area contributed by atoms with Crippen LogP contribution in [0.5, 0.6) is 0 Å². The molecule has 1 aromatic rings. The molecule has 0 bridgehead atoms. The van der Waals surface area contributed by atoms with Crippen molar-refractivity contribution in [1.29, 1.82) is 0 Å². The quantitative estimate of drug-likeness (QED) is 0.581. The minimum absolute atomic E-state index is 0.0488. The van der Waals surface area contributed by atoms with E-state index in [1.165, 1.54) is 0 Å². The molecule has 1 heterocycles. The number of hydrogen-bond acceptors (Lipinski definition) is 3. The summed E-state index contributed by atoms with van der Waals surface area (Å²) in [7, 11) is 0. The Kier molecular flexibility index (Phi) is 3.91. The number of rotatable bonds is 4. The third kappa shape index (κ3) is 2.71. The van der Waals surface area contributed by atoms with Crippen LogP contribution >= 0.6 is 11.6 Å². The number of halogens is 1. The Bertz CT molecular complexity index is 379. The highest BCUT2D eigenvalue weighted by molar-refractivity contribution is 6.29. The number of aromatic amines is 1. The van der Waals surface area contributed by atoms with Crippen LogP contribution in [-0.2, 0) is 11.3 Å². The van der Waals surface area contributed by atoms with E-state index >= 15 is 0 Å². The largest absolute Gasteiger partial charge is 0.380 e. The highest BCUT2D eigenvalue weighted by Crippen LogP contribution is 1.93. The van der Waals surface area contributed by atoms with Gasteiger partial charge in [-0.1, -0.05) is 11.6 Å². The summed E-state index contributed by atoms with van der Waals surface area (Å²) in [5, 5.41) is 0.0488. The van der Waals surface area contributed by atoms with Gasteiger partial charge in [-0.05, 0) is 6.92 Å². The molecule has 1 rings (SSSR count). The summed E-state index contributed by atoms with van der Waals surface area (Å²) in [5.41, 5.74) is -0.930. The van der Waals surface area contributed by atoms with E-state index in [1.54, 1.807) is 0 Å². The minimum Gasteiger partial charge on any atom is -0.380 e. The van der Waals surface area contributed by atoms with Crippen LogP contribution in [0.4, 0.5) is 0 Å². The number of aromatic nitrogens is 2. The average Bonchev–Trinajstić information content (AvgIpc) is 2.09. The molecular weight excluding hydrogens is 208 g/mol. The highest BCUT2D eigenvalue weighted by Gasteiger charge is 2.01. The van der Waals surface area contributed by atoms with Gasteiger partial charge >= 0.3 is 5.69 Å². The molecule has 0 amide bonds. The summed E-state index contributed by atoms with van der Waals surface area (Å²) in [6.07, 6.45) is 0. The summed E-state index contributed by atoms with van der Waals surface area (Å²) >= 11 is 5.48. The third-order valence-corrected chi connectivity index (χ3v) is 1.85. The molecule has 0 unspecified atom stereocenters. The van der Waals surface area contributed by atoms with Crippen molar-refractivity contribution >= 4 is 11.6 Å². The lowest BCUT2D eigenvalue weighted by Crippen LogP contribution is -2.35. The van der Waals surface area contributed by atoms with E-state index in [0.29, 0.717) is 13.2 Å². The van der Waals surface area contributed by atoms with Crippen molar-refractivity contribution in [3.8, 4) is 0 Å². The van der Waals surface area contributed by atoms with Crippen LogP contribution in [-0.4, -0.2) is 22.8 Å². The number of nitrogens with one attached hydrogen (secondary N) is 1. The molecule has 0 fully saturated rings. The Labute approximate surface area is 85.3 Å². The first kappa shape index (κ1) is 11.0. The second kappa shape index (κ2) is 4.97. The van der Waals surface area contributed by atoms with E-state index in [-0.39, 0.29) is 11.7 Å². The van der Waals surface area contributed by atoms with Gasteiger partial charge in [-0.3, -0.25) is 14.3 Å². The van der Waals surface area contributed by atoms with Crippen LogP contribution in [0.1, 0.15) is 6.92 Å². The molecule has 14 heavy (non-hydrogen) atoms. The molecule has 0 aliphatic heterocycles. The first-order chi connectivity index (χ1) is 6.65. The second-order valence-electron chi connectivity index (χ2n) is 2.61. The van der Waals surface area contributed by atoms with Gasteiger partial charge in [-0.25, -0.2) is 4.79 Å². The number of hydrogen-bond donors (Lipinski definition) is 1. The van der Waals surface area contributed by atoms with Gasteiger partial charge in [0.2, 0.25) is 0 Å². The zero-order valence-electron chi connectivity index (χ0n) is 7.75. The van der Waals surface area contributed by atoms with Gasteiger partial charge in [-0.15, -0.1) is 0 Å². The van der Waals surface area contributed by atoms with Crippen molar-refractivity contribution in [2.24, 2.45) is 0 Å². The molecule has 78 valence electrons. The molecule has 1 N–H and O–H groups in total. The molecule has 0 aliphatic rings. The Morgan fingerprint density at radius 1 is 1.57 bits per heavy atom. The standard InChI is InChI=1S/C8H11ClN2O3/c1-2-14-4-3-11-7(12)5-6(9)10-8(11)13/h5H,2-4H2,1H3,(H,10,13). The predicted octanol–water partition coefficient (Wildman–Crippen LogP) is 0.227. The maximum absolute atomic E-state index is 11.3. The van der Waals surface area contributed by atoms with Crippen LogP contribution in [0.2, 0.25) is 5.15 Å². The lowest BCUT2D eigenvalue weighted by atomic mass is 10.6. The smallest absolute Gasteiger partial charge is 0.329 e. The molecule has 0 aliphatic carbocycles. The van der Waals surface area contributed by atoms with E-state index in [0.717, 1.165) is 10.6 Å². The molecule has 0 saturated carbocycles. The SMILES string of the molecule is CCOCCn1c(=O)cc(Cl)[nH]c1=O. The Hall–Kier alpha value is -1.07. The van der Waals surface area contributed by atoms with E-state index < -0.39 is 11.2 Å².